The number of ketones is 1. The lowest BCUT2D eigenvalue weighted by atomic mass is 9.45. The van der Waals surface area contributed by atoms with Crippen molar-refractivity contribution in [2.75, 3.05) is 0 Å². The molecule has 2 nitrogen and oxygen atoms in total. The minimum absolute atomic E-state index is 0.00552. The molecular formula is C20H29NO. The Balaban J connectivity index is 1.71. The number of hydrogen-bond donors (Lipinski definition) is 0. The summed E-state index contributed by atoms with van der Waals surface area (Å²) in [5.41, 5.74) is 0.313. The topological polar surface area (TPSA) is 40.9 Å². The molecule has 0 spiro atoms. The Bertz CT molecular complexity index is 534. The van der Waals surface area contributed by atoms with Crippen molar-refractivity contribution in [1.82, 2.24) is 0 Å². The van der Waals surface area contributed by atoms with E-state index in [1.165, 1.54) is 44.9 Å². The van der Waals surface area contributed by atoms with Crippen LogP contribution in [0.15, 0.2) is 0 Å². The number of hydrogen-bond acceptors (Lipinski definition) is 2. The Morgan fingerprint density at radius 3 is 2.68 bits per heavy atom. The van der Waals surface area contributed by atoms with Crippen LogP contribution in [0.3, 0.4) is 0 Å². The molecule has 0 aromatic carbocycles. The Kier molecular flexibility index (Phi) is 3.23. The van der Waals surface area contributed by atoms with Gasteiger partial charge in [0.2, 0.25) is 0 Å². The van der Waals surface area contributed by atoms with E-state index >= 15 is 0 Å². The minimum atomic E-state index is -0.181. The van der Waals surface area contributed by atoms with Crippen molar-refractivity contribution < 1.29 is 4.79 Å². The van der Waals surface area contributed by atoms with Crippen molar-refractivity contribution in [1.29, 1.82) is 5.26 Å². The molecular weight excluding hydrogens is 270 g/mol. The van der Waals surface area contributed by atoms with Crippen LogP contribution < -0.4 is 0 Å². The second-order valence-corrected chi connectivity index (χ2v) is 9.14. The van der Waals surface area contributed by atoms with Gasteiger partial charge in [-0.15, -0.1) is 0 Å². The molecule has 0 radical (unpaired) electrons. The Morgan fingerprint density at radius 2 is 1.91 bits per heavy atom. The maximum Gasteiger partial charge on any atom is 0.140 e. The minimum Gasteiger partial charge on any atom is -0.299 e. The Hall–Kier alpha value is -0.840. The van der Waals surface area contributed by atoms with Gasteiger partial charge in [-0.2, -0.15) is 5.26 Å². The Labute approximate surface area is 134 Å². The molecule has 0 heterocycles. The number of Topliss-reactive ketones (excluding diaryl/α,β-unsaturated/α-hetero) is 1. The smallest absolute Gasteiger partial charge is 0.140 e. The molecule has 0 amide bonds. The first-order valence-electron chi connectivity index (χ1n) is 9.43. The van der Waals surface area contributed by atoms with Crippen LogP contribution in [0.4, 0.5) is 0 Å². The molecule has 0 aromatic rings. The molecule has 4 fully saturated rings. The summed E-state index contributed by atoms with van der Waals surface area (Å²) in [4.78, 5) is 12.6. The molecule has 4 saturated carbocycles. The van der Waals surface area contributed by atoms with Gasteiger partial charge in [0.05, 0.1) is 12.0 Å². The Morgan fingerprint density at radius 1 is 1.09 bits per heavy atom. The summed E-state index contributed by atoms with van der Waals surface area (Å²) in [6, 6.07) is 2.52. The van der Waals surface area contributed by atoms with Gasteiger partial charge in [-0.25, -0.2) is 0 Å². The van der Waals surface area contributed by atoms with Crippen LogP contribution in [0.25, 0.3) is 0 Å². The molecule has 7 atom stereocenters. The van der Waals surface area contributed by atoms with Gasteiger partial charge in [-0.3, -0.25) is 4.79 Å². The largest absolute Gasteiger partial charge is 0.299 e. The fourth-order valence-corrected chi connectivity index (χ4v) is 7.30. The monoisotopic (exact) mass is 299 g/mol. The van der Waals surface area contributed by atoms with E-state index in [1.807, 2.05) is 0 Å². The standard InChI is InChI=1S/C20H29NO/c1-19-9-4-3-5-14(19)6-7-15-16(19)8-10-20(2)17(22)11-13(12-21)18(15)20/h13-16,18H,3-11H2,1-2H3/t13-,14+,15-,16+,18-,19-,20+/m0/s1. The number of carbonyl (C=O) groups is 1. The maximum absolute atomic E-state index is 12.6. The first-order valence-corrected chi connectivity index (χ1v) is 9.43. The van der Waals surface area contributed by atoms with Gasteiger partial charge in [-0.05, 0) is 67.6 Å². The molecule has 4 rings (SSSR count). The fraction of sp³-hybridized carbons (Fsp3) is 0.900. The highest BCUT2D eigenvalue weighted by molar-refractivity contribution is 5.88. The second-order valence-electron chi connectivity index (χ2n) is 9.14. The van der Waals surface area contributed by atoms with Crippen molar-refractivity contribution in [3.63, 3.8) is 0 Å². The molecule has 0 aliphatic heterocycles. The first kappa shape index (κ1) is 14.7. The third kappa shape index (κ3) is 1.75. The summed E-state index contributed by atoms with van der Waals surface area (Å²) in [6.07, 6.45) is 11.0. The van der Waals surface area contributed by atoms with Gasteiger partial charge >= 0.3 is 0 Å². The van der Waals surface area contributed by atoms with Gasteiger partial charge < -0.3 is 0 Å². The predicted molar refractivity (Wildman–Crippen MR) is 85.8 cm³/mol. The average molecular weight is 299 g/mol. The average Bonchev–Trinajstić information content (AvgIpc) is 2.78. The third-order valence-electron chi connectivity index (χ3n) is 8.48. The normalized spacial score (nSPS) is 54.0. The highest BCUT2D eigenvalue weighted by Gasteiger charge is 2.62. The molecule has 0 bridgehead atoms. The zero-order valence-electron chi connectivity index (χ0n) is 14.1. The van der Waals surface area contributed by atoms with E-state index in [0.717, 1.165) is 18.3 Å². The van der Waals surface area contributed by atoms with E-state index in [1.54, 1.807) is 0 Å². The van der Waals surface area contributed by atoms with E-state index in [4.69, 9.17) is 0 Å². The fourth-order valence-electron chi connectivity index (χ4n) is 7.30. The molecule has 0 unspecified atom stereocenters. The van der Waals surface area contributed by atoms with E-state index in [0.29, 0.717) is 29.5 Å². The van der Waals surface area contributed by atoms with Crippen molar-refractivity contribution in [2.45, 2.75) is 71.6 Å². The van der Waals surface area contributed by atoms with Gasteiger partial charge in [0, 0.05) is 11.8 Å². The number of fused-ring (bicyclic) bond motifs is 5. The summed E-state index contributed by atoms with van der Waals surface area (Å²) in [7, 11) is 0. The van der Waals surface area contributed by atoms with Crippen LogP contribution in [0, 0.1) is 51.8 Å². The van der Waals surface area contributed by atoms with Gasteiger partial charge in [0.1, 0.15) is 5.78 Å². The van der Waals surface area contributed by atoms with Gasteiger partial charge in [0.15, 0.2) is 0 Å². The molecule has 4 aliphatic rings. The van der Waals surface area contributed by atoms with E-state index in [9.17, 15) is 10.1 Å². The van der Waals surface area contributed by atoms with Crippen LogP contribution >= 0.6 is 0 Å². The third-order valence-corrected chi connectivity index (χ3v) is 8.48. The summed E-state index contributed by atoms with van der Waals surface area (Å²) in [5, 5.41) is 9.62. The summed E-state index contributed by atoms with van der Waals surface area (Å²) < 4.78 is 0. The lowest BCUT2D eigenvalue weighted by molar-refractivity contribution is -0.139. The number of rotatable bonds is 0. The molecule has 0 N–H and O–H groups in total. The van der Waals surface area contributed by atoms with E-state index in [-0.39, 0.29) is 11.3 Å². The molecule has 4 aliphatic carbocycles. The number of carbonyl (C=O) groups excluding carboxylic acids is 1. The van der Waals surface area contributed by atoms with Crippen LogP contribution in [-0.2, 0) is 4.79 Å². The van der Waals surface area contributed by atoms with Crippen molar-refractivity contribution in [2.24, 2.45) is 40.4 Å². The van der Waals surface area contributed by atoms with E-state index in [2.05, 4.69) is 19.9 Å². The van der Waals surface area contributed by atoms with Crippen LogP contribution in [-0.4, -0.2) is 5.78 Å². The summed E-state index contributed by atoms with van der Waals surface area (Å²) in [5.74, 6) is 3.04. The zero-order valence-corrected chi connectivity index (χ0v) is 14.1. The second kappa shape index (κ2) is 4.83. The SMILES string of the molecule is C[C@]12CCCC[C@@H]1CC[C@@H]1[C@@H]3[C@H](C#N)CC(=O)[C@@]3(C)CC[C@H]12. The van der Waals surface area contributed by atoms with Crippen LogP contribution in [0.5, 0.6) is 0 Å². The number of nitriles is 1. The number of nitrogens with zero attached hydrogens (tertiary/aromatic N) is 1. The van der Waals surface area contributed by atoms with Gasteiger partial charge in [0.25, 0.3) is 0 Å². The van der Waals surface area contributed by atoms with Crippen molar-refractivity contribution >= 4 is 5.78 Å². The highest BCUT2D eigenvalue weighted by Crippen LogP contribution is 2.66. The van der Waals surface area contributed by atoms with Crippen LogP contribution in [0.1, 0.15) is 71.6 Å². The quantitative estimate of drug-likeness (QED) is 0.648. The zero-order chi connectivity index (χ0) is 15.5. The predicted octanol–water partition coefficient (Wildman–Crippen LogP) is 4.74. The molecule has 2 heteroatoms. The van der Waals surface area contributed by atoms with E-state index < -0.39 is 0 Å². The lowest BCUT2D eigenvalue weighted by Crippen LogP contribution is -2.53. The summed E-state index contributed by atoms with van der Waals surface area (Å²) >= 11 is 0. The van der Waals surface area contributed by atoms with Crippen LogP contribution in [0.2, 0.25) is 0 Å². The first-order chi connectivity index (χ1) is 10.5. The lowest BCUT2D eigenvalue weighted by Gasteiger charge is -2.59. The van der Waals surface area contributed by atoms with Crippen molar-refractivity contribution in [3.05, 3.63) is 0 Å². The molecule has 0 aromatic heterocycles. The van der Waals surface area contributed by atoms with Crippen molar-refractivity contribution in [3.8, 4) is 6.07 Å². The van der Waals surface area contributed by atoms with Gasteiger partial charge in [-0.1, -0.05) is 26.7 Å². The summed E-state index contributed by atoms with van der Waals surface area (Å²) in [6.45, 7) is 4.73. The highest BCUT2D eigenvalue weighted by atomic mass is 16.1. The molecule has 0 saturated heterocycles. The maximum atomic E-state index is 12.6. The molecule has 120 valence electrons. The molecule has 22 heavy (non-hydrogen) atoms.